The summed E-state index contributed by atoms with van der Waals surface area (Å²) in [5.74, 6) is -0.504. The van der Waals surface area contributed by atoms with Gasteiger partial charge in [-0.25, -0.2) is 4.79 Å². The number of carbonyl (C=O) groups is 1. The predicted molar refractivity (Wildman–Crippen MR) is 96.2 cm³/mol. The van der Waals surface area contributed by atoms with Crippen LogP contribution >= 0.6 is 11.3 Å². The third kappa shape index (κ3) is 2.89. The maximum absolute atomic E-state index is 12.3. The molecule has 0 bridgehead atoms. The monoisotopic (exact) mass is 367 g/mol. The molecule has 0 unspecified atom stereocenters. The number of phenols is 2. The van der Waals surface area contributed by atoms with E-state index in [0.717, 1.165) is 4.88 Å². The first-order valence-electron chi connectivity index (χ1n) is 7.74. The van der Waals surface area contributed by atoms with E-state index in [2.05, 4.69) is 5.16 Å². The smallest absolute Gasteiger partial charge is 0.342 e. The first-order valence-corrected chi connectivity index (χ1v) is 8.61. The van der Waals surface area contributed by atoms with Crippen molar-refractivity contribution in [3.05, 3.63) is 65.2 Å². The first kappa shape index (κ1) is 16.2. The van der Waals surface area contributed by atoms with Gasteiger partial charge in [-0.2, -0.15) is 0 Å². The van der Waals surface area contributed by atoms with Gasteiger partial charge in [0, 0.05) is 16.8 Å². The van der Waals surface area contributed by atoms with Crippen LogP contribution in [0.1, 0.15) is 16.1 Å². The Morgan fingerprint density at radius 1 is 1.12 bits per heavy atom. The van der Waals surface area contributed by atoms with Gasteiger partial charge in [0.05, 0.1) is 4.88 Å². The van der Waals surface area contributed by atoms with Crippen molar-refractivity contribution < 1.29 is 24.3 Å². The van der Waals surface area contributed by atoms with Gasteiger partial charge in [-0.05, 0) is 17.5 Å². The van der Waals surface area contributed by atoms with E-state index in [1.807, 2.05) is 17.5 Å². The van der Waals surface area contributed by atoms with E-state index < -0.39 is 5.97 Å². The van der Waals surface area contributed by atoms with E-state index in [-0.39, 0.29) is 23.7 Å². The second-order valence-electron chi connectivity index (χ2n) is 5.57. The van der Waals surface area contributed by atoms with E-state index in [9.17, 15) is 15.0 Å². The molecule has 0 atom stereocenters. The number of carbonyl (C=O) groups excluding carboxylic acids is 1. The summed E-state index contributed by atoms with van der Waals surface area (Å²) in [6, 6.07) is 13.4. The molecule has 0 radical (unpaired) electrons. The molecule has 2 heterocycles. The van der Waals surface area contributed by atoms with Gasteiger partial charge in [0.15, 0.2) is 5.76 Å². The molecule has 6 nitrogen and oxygen atoms in total. The molecule has 130 valence electrons. The number of esters is 1. The Morgan fingerprint density at radius 3 is 2.69 bits per heavy atom. The van der Waals surface area contributed by atoms with Crippen LogP contribution in [0.15, 0.2) is 58.4 Å². The minimum Gasteiger partial charge on any atom is -0.507 e. The average Bonchev–Trinajstić information content (AvgIpc) is 3.34. The SMILES string of the molecule is O=C(OCc1cc(-c2cccs2)on1)c1cc(O)c2ccccc2c1O. The van der Waals surface area contributed by atoms with Crippen LogP contribution in [0.4, 0.5) is 0 Å². The molecule has 2 N–H and O–H groups in total. The van der Waals surface area contributed by atoms with Crippen molar-refractivity contribution in [2.24, 2.45) is 0 Å². The van der Waals surface area contributed by atoms with Crippen molar-refractivity contribution in [3.63, 3.8) is 0 Å². The van der Waals surface area contributed by atoms with Crippen LogP contribution in [0.3, 0.4) is 0 Å². The highest BCUT2D eigenvalue weighted by Gasteiger charge is 2.19. The van der Waals surface area contributed by atoms with E-state index >= 15 is 0 Å². The summed E-state index contributed by atoms with van der Waals surface area (Å²) < 4.78 is 10.4. The molecular formula is C19H13NO5S. The summed E-state index contributed by atoms with van der Waals surface area (Å²) in [5, 5.41) is 27.0. The molecule has 0 saturated heterocycles. The van der Waals surface area contributed by atoms with E-state index in [0.29, 0.717) is 22.2 Å². The van der Waals surface area contributed by atoms with Gasteiger partial charge in [-0.3, -0.25) is 0 Å². The lowest BCUT2D eigenvalue weighted by Gasteiger charge is -2.09. The number of rotatable bonds is 4. The zero-order valence-electron chi connectivity index (χ0n) is 13.4. The third-order valence-corrected chi connectivity index (χ3v) is 4.77. The summed E-state index contributed by atoms with van der Waals surface area (Å²) in [6.45, 7) is -0.110. The molecule has 0 saturated carbocycles. The van der Waals surface area contributed by atoms with Crippen LogP contribution in [0.25, 0.3) is 21.4 Å². The first-order chi connectivity index (χ1) is 12.6. The molecule has 0 spiro atoms. The summed E-state index contributed by atoms with van der Waals surface area (Å²) in [6.07, 6.45) is 0. The van der Waals surface area contributed by atoms with Gasteiger partial charge in [0.2, 0.25) is 0 Å². The second kappa shape index (κ2) is 6.53. The standard InChI is InChI=1S/C19H13NO5S/c21-15-9-14(18(22)13-5-2-1-4-12(13)15)19(23)24-10-11-8-16(25-20-11)17-6-3-7-26-17/h1-9,21-22H,10H2. The quantitative estimate of drug-likeness (QED) is 0.412. The number of hydrogen-bond acceptors (Lipinski definition) is 7. The second-order valence-corrected chi connectivity index (χ2v) is 6.52. The van der Waals surface area contributed by atoms with Gasteiger partial charge in [-0.1, -0.05) is 35.5 Å². The van der Waals surface area contributed by atoms with Crippen molar-refractivity contribution in [2.45, 2.75) is 6.61 Å². The van der Waals surface area contributed by atoms with Crippen LogP contribution in [-0.4, -0.2) is 21.3 Å². The van der Waals surface area contributed by atoms with Crippen LogP contribution in [0, 0.1) is 0 Å². The number of nitrogens with zero attached hydrogens (tertiary/aromatic N) is 1. The minimum atomic E-state index is -0.760. The maximum Gasteiger partial charge on any atom is 0.342 e. The number of aromatic hydroxyl groups is 2. The lowest BCUT2D eigenvalue weighted by molar-refractivity contribution is 0.0461. The largest absolute Gasteiger partial charge is 0.507 e. The zero-order chi connectivity index (χ0) is 18.1. The molecule has 2 aromatic heterocycles. The highest BCUT2D eigenvalue weighted by Crippen LogP contribution is 2.35. The zero-order valence-corrected chi connectivity index (χ0v) is 14.2. The van der Waals surface area contributed by atoms with Crippen LogP contribution in [0.5, 0.6) is 11.5 Å². The fourth-order valence-electron chi connectivity index (χ4n) is 2.63. The average molecular weight is 367 g/mol. The number of benzene rings is 2. The fourth-order valence-corrected chi connectivity index (χ4v) is 3.30. The van der Waals surface area contributed by atoms with Crippen molar-refractivity contribution in [2.75, 3.05) is 0 Å². The van der Waals surface area contributed by atoms with Gasteiger partial charge in [0.1, 0.15) is 29.4 Å². The van der Waals surface area contributed by atoms with E-state index in [4.69, 9.17) is 9.26 Å². The molecule has 2 aromatic carbocycles. The summed E-state index contributed by atoms with van der Waals surface area (Å²) >= 11 is 1.51. The lowest BCUT2D eigenvalue weighted by Crippen LogP contribution is -2.06. The number of aromatic nitrogens is 1. The predicted octanol–water partition coefficient (Wildman–Crippen LogP) is 4.32. The minimum absolute atomic E-state index is 0.105. The summed E-state index contributed by atoms with van der Waals surface area (Å²) in [7, 11) is 0. The van der Waals surface area contributed by atoms with Gasteiger partial charge < -0.3 is 19.5 Å². The number of phenolic OH excluding ortho intramolecular Hbond substituents is 2. The van der Waals surface area contributed by atoms with Crippen molar-refractivity contribution in [1.29, 1.82) is 0 Å². The Bertz CT molecular complexity index is 1080. The van der Waals surface area contributed by atoms with Crippen molar-refractivity contribution in [3.8, 4) is 22.1 Å². The third-order valence-electron chi connectivity index (χ3n) is 3.89. The molecule has 4 rings (SSSR count). The molecule has 0 aliphatic rings. The molecular weight excluding hydrogens is 354 g/mol. The molecule has 0 fully saturated rings. The number of hydrogen-bond donors (Lipinski definition) is 2. The lowest BCUT2D eigenvalue weighted by atomic mass is 10.0. The Hall–Kier alpha value is -3.32. The molecule has 0 amide bonds. The van der Waals surface area contributed by atoms with E-state index in [1.165, 1.54) is 17.4 Å². The van der Waals surface area contributed by atoms with Gasteiger partial charge >= 0.3 is 5.97 Å². The van der Waals surface area contributed by atoms with Crippen LogP contribution < -0.4 is 0 Å². The Morgan fingerprint density at radius 2 is 1.92 bits per heavy atom. The normalized spacial score (nSPS) is 10.9. The fraction of sp³-hybridized carbons (Fsp3) is 0.0526. The van der Waals surface area contributed by atoms with Gasteiger partial charge in [0.25, 0.3) is 0 Å². The van der Waals surface area contributed by atoms with Gasteiger partial charge in [-0.15, -0.1) is 11.3 Å². The number of ether oxygens (including phenoxy) is 1. The molecule has 4 aromatic rings. The molecule has 0 aliphatic carbocycles. The molecule has 26 heavy (non-hydrogen) atoms. The topological polar surface area (TPSA) is 92.8 Å². The Labute approximate surface area is 151 Å². The summed E-state index contributed by atoms with van der Waals surface area (Å²) in [5.41, 5.74) is 0.342. The molecule has 0 aliphatic heterocycles. The maximum atomic E-state index is 12.3. The number of fused-ring (bicyclic) bond motifs is 1. The summed E-state index contributed by atoms with van der Waals surface area (Å²) in [4.78, 5) is 13.2. The van der Waals surface area contributed by atoms with E-state index in [1.54, 1.807) is 30.3 Å². The van der Waals surface area contributed by atoms with Crippen LogP contribution in [0.2, 0.25) is 0 Å². The van der Waals surface area contributed by atoms with Crippen LogP contribution in [-0.2, 0) is 11.3 Å². The molecule has 7 heteroatoms. The Balaban J connectivity index is 1.54. The number of thiophene rings is 1. The highest BCUT2D eigenvalue weighted by molar-refractivity contribution is 7.13. The van der Waals surface area contributed by atoms with Crippen molar-refractivity contribution >= 4 is 28.1 Å². The highest BCUT2D eigenvalue weighted by atomic mass is 32.1. The van der Waals surface area contributed by atoms with Crippen molar-refractivity contribution in [1.82, 2.24) is 5.16 Å². The Kier molecular flexibility index (Phi) is 4.06.